The van der Waals surface area contributed by atoms with Crippen molar-refractivity contribution in [2.45, 2.75) is 45.0 Å². The highest BCUT2D eigenvalue weighted by Gasteiger charge is 2.34. The summed E-state index contributed by atoms with van der Waals surface area (Å²) >= 11 is 0. The van der Waals surface area contributed by atoms with Gasteiger partial charge in [0.2, 0.25) is 21.8 Å². The van der Waals surface area contributed by atoms with Gasteiger partial charge in [0.05, 0.1) is 25.4 Å². The summed E-state index contributed by atoms with van der Waals surface area (Å²) in [5, 5.41) is 22.5. The summed E-state index contributed by atoms with van der Waals surface area (Å²) in [5.41, 5.74) is 2.38. The molecular formula is C28H32N6O6S. The number of rotatable bonds is 10. The molecule has 0 saturated carbocycles. The van der Waals surface area contributed by atoms with Crippen LogP contribution < -0.4 is 14.2 Å². The van der Waals surface area contributed by atoms with Crippen LogP contribution in [0.25, 0.3) is 22.8 Å². The molecule has 0 fully saturated rings. The van der Waals surface area contributed by atoms with Crippen LogP contribution in [0, 0.1) is 6.92 Å². The van der Waals surface area contributed by atoms with Gasteiger partial charge >= 0.3 is 0 Å². The number of ether oxygens (including phenoxy) is 2. The van der Waals surface area contributed by atoms with E-state index in [1.165, 1.54) is 30.2 Å². The van der Waals surface area contributed by atoms with Gasteiger partial charge in [0.15, 0.2) is 5.76 Å². The Morgan fingerprint density at radius 3 is 2.32 bits per heavy atom. The number of benzene rings is 1. The number of methoxy groups -OCH3 is 2. The summed E-state index contributed by atoms with van der Waals surface area (Å²) in [4.78, 5) is 0. The fourth-order valence-corrected chi connectivity index (χ4v) is 5.62. The van der Waals surface area contributed by atoms with Crippen molar-refractivity contribution in [1.29, 1.82) is 0 Å². The topological polar surface area (TPSA) is 146 Å². The Labute approximate surface area is 237 Å². The summed E-state index contributed by atoms with van der Waals surface area (Å²) in [6.45, 7) is 7.28. The maximum absolute atomic E-state index is 13.7. The van der Waals surface area contributed by atoms with Crippen molar-refractivity contribution in [2.75, 3.05) is 18.9 Å². The third kappa shape index (κ3) is 5.13. The Kier molecular flexibility index (Phi) is 7.49. The largest absolute Gasteiger partial charge is 0.494 e. The molecule has 4 aromatic heterocycles. The molecule has 0 aliphatic heterocycles. The lowest BCUT2D eigenvalue weighted by molar-refractivity contribution is 0.168. The number of furan rings is 1. The molecule has 2 N–H and O–H groups in total. The highest BCUT2D eigenvalue weighted by Crippen LogP contribution is 2.41. The number of nitrogens with zero attached hydrogens (tertiary/aromatic N) is 5. The first-order valence-corrected chi connectivity index (χ1v) is 14.5. The first-order chi connectivity index (χ1) is 19.6. The van der Waals surface area contributed by atoms with Gasteiger partial charge < -0.3 is 19.0 Å². The standard InChI is InChI=1S/C28H32N6O6S/c1-16(2)19-14-23(38-5)25(24(15-19)39-6)33-27(22-11-10-17(3)40-22)30-31-28(33)32-41(36,37)18(4)26(35)21-9-7-8-20-12-13-29-34(20)21/h7-16,18,26,35H,1-6H3,(H,31,32)/t18-,26-/m1/s1. The van der Waals surface area contributed by atoms with E-state index >= 15 is 0 Å². The smallest absolute Gasteiger partial charge is 0.243 e. The van der Waals surface area contributed by atoms with E-state index in [1.807, 2.05) is 32.0 Å². The van der Waals surface area contributed by atoms with Crippen molar-refractivity contribution in [1.82, 2.24) is 24.4 Å². The summed E-state index contributed by atoms with van der Waals surface area (Å²) in [6, 6.07) is 14.1. The molecule has 5 aromatic rings. The van der Waals surface area contributed by atoms with Crippen molar-refractivity contribution in [3.05, 3.63) is 71.7 Å². The molecule has 0 aliphatic rings. The Hall–Kier alpha value is -4.36. The number of anilines is 1. The molecule has 0 saturated heterocycles. The van der Waals surface area contributed by atoms with Gasteiger partial charge in [0, 0.05) is 6.20 Å². The third-order valence-electron chi connectivity index (χ3n) is 6.94. The van der Waals surface area contributed by atoms with E-state index < -0.39 is 21.4 Å². The molecule has 0 radical (unpaired) electrons. The van der Waals surface area contributed by atoms with Crippen molar-refractivity contribution in [3.8, 4) is 28.8 Å². The molecule has 0 aliphatic carbocycles. The number of nitrogens with one attached hydrogen (secondary N) is 1. The van der Waals surface area contributed by atoms with E-state index in [0.717, 1.165) is 11.1 Å². The van der Waals surface area contributed by atoms with Crippen LogP contribution in [0.5, 0.6) is 11.5 Å². The molecular weight excluding hydrogens is 548 g/mol. The molecule has 13 heteroatoms. The minimum atomic E-state index is -4.24. The quantitative estimate of drug-likeness (QED) is 0.244. The van der Waals surface area contributed by atoms with E-state index in [9.17, 15) is 13.5 Å². The summed E-state index contributed by atoms with van der Waals surface area (Å²) in [6.07, 6.45) is 0.170. The molecule has 0 spiro atoms. The molecule has 1 aromatic carbocycles. The lowest BCUT2D eigenvalue weighted by Gasteiger charge is -2.22. The number of fused-ring (bicyclic) bond motifs is 1. The van der Waals surface area contributed by atoms with Crippen molar-refractivity contribution >= 4 is 21.5 Å². The van der Waals surface area contributed by atoms with Crippen LogP contribution >= 0.6 is 0 Å². The summed E-state index contributed by atoms with van der Waals surface area (Å²) in [7, 11) is -1.21. The van der Waals surface area contributed by atoms with Gasteiger partial charge in [-0.3, -0.25) is 9.29 Å². The van der Waals surface area contributed by atoms with Gasteiger partial charge in [-0.05, 0) is 67.8 Å². The number of aliphatic hydroxyl groups excluding tert-OH is 1. The SMILES string of the molecule is COc1cc(C(C)C)cc(OC)c1-n1c(NS(=O)(=O)[C@H](C)[C@@H](O)c2cccc3ccnn23)nnc1-c1ccc(C)o1. The molecule has 12 nitrogen and oxygen atoms in total. The highest BCUT2D eigenvalue weighted by atomic mass is 32.2. The lowest BCUT2D eigenvalue weighted by Crippen LogP contribution is -2.32. The number of hydrogen-bond donors (Lipinski definition) is 2. The zero-order valence-corrected chi connectivity index (χ0v) is 24.4. The number of aryl methyl sites for hydroxylation is 1. The van der Waals surface area contributed by atoms with Crippen LogP contribution in [0.3, 0.4) is 0 Å². The first-order valence-electron chi connectivity index (χ1n) is 13.0. The second kappa shape index (κ2) is 10.9. The second-order valence-electron chi connectivity index (χ2n) is 9.94. The van der Waals surface area contributed by atoms with E-state index in [2.05, 4.69) is 20.0 Å². The summed E-state index contributed by atoms with van der Waals surface area (Å²) in [5.74, 6) is 2.07. The molecule has 2 atom stereocenters. The monoisotopic (exact) mass is 580 g/mol. The first kappa shape index (κ1) is 28.2. The van der Waals surface area contributed by atoms with Gasteiger partial charge in [0.25, 0.3) is 0 Å². The third-order valence-corrected chi connectivity index (χ3v) is 8.64. The number of aromatic nitrogens is 5. The molecule has 4 heterocycles. The molecule has 0 bridgehead atoms. The molecule has 5 rings (SSSR count). The average molecular weight is 581 g/mol. The van der Waals surface area contributed by atoms with Crippen LogP contribution in [-0.2, 0) is 10.0 Å². The highest BCUT2D eigenvalue weighted by molar-refractivity contribution is 7.93. The summed E-state index contributed by atoms with van der Waals surface area (Å²) < 4.78 is 50.2. The van der Waals surface area contributed by atoms with Gasteiger partial charge in [-0.2, -0.15) is 5.10 Å². The van der Waals surface area contributed by atoms with Crippen LogP contribution in [0.1, 0.15) is 49.8 Å². The molecule has 41 heavy (non-hydrogen) atoms. The predicted molar refractivity (Wildman–Crippen MR) is 153 cm³/mol. The van der Waals surface area contributed by atoms with Gasteiger partial charge in [-0.15, -0.1) is 10.2 Å². The number of sulfonamides is 1. The fraction of sp³-hybridized carbons (Fsp3) is 0.321. The minimum Gasteiger partial charge on any atom is -0.494 e. The molecule has 0 amide bonds. The molecule has 0 unspecified atom stereocenters. The Morgan fingerprint density at radius 2 is 1.71 bits per heavy atom. The molecule has 216 valence electrons. The van der Waals surface area contributed by atoms with Crippen LogP contribution in [0.15, 0.2) is 59.1 Å². The van der Waals surface area contributed by atoms with Crippen molar-refractivity contribution < 1.29 is 27.4 Å². The maximum atomic E-state index is 13.7. The zero-order chi connectivity index (χ0) is 29.5. The van der Waals surface area contributed by atoms with E-state index in [0.29, 0.717) is 34.4 Å². The van der Waals surface area contributed by atoms with Crippen molar-refractivity contribution in [3.63, 3.8) is 0 Å². The Balaban J connectivity index is 1.63. The number of hydrogen-bond acceptors (Lipinski definition) is 9. The van der Waals surface area contributed by atoms with Crippen LogP contribution in [0.4, 0.5) is 5.95 Å². The Morgan fingerprint density at radius 1 is 1.00 bits per heavy atom. The average Bonchev–Trinajstić information content (AvgIpc) is 3.70. The number of pyridine rings is 1. The van der Waals surface area contributed by atoms with E-state index in [-0.39, 0.29) is 17.7 Å². The predicted octanol–water partition coefficient (Wildman–Crippen LogP) is 4.49. The maximum Gasteiger partial charge on any atom is 0.243 e. The van der Waals surface area contributed by atoms with Gasteiger partial charge in [0.1, 0.15) is 34.3 Å². The second-order valence-corrected chi connectivity index (χ2v) is 12.0. The van der Waals surface area contributed by atoms with Crippen LogP contribution in [0.2, 0.25) is 0 Å². The van der Waals surface area contributed by atoms with Crippen molar-refractivity contribution in [2.24, 2.45) is 0 Å². The van der Waals surface area contributed by atoms with E-state index in [4.69, 9.17) is 13.9 Å². The van der Waals surface area contributed by atoms with E-state index in [1.54, 1.807) is 43.5 Å². The minimum absolute atomic E-state index is 0.140. The normalized spacial score (nSPS) is 13.5. The van der Waals surface area contributed by atoms with Gasteiger partial charge in [-0.1, -0.05) is 19.9 Å². The van der Waals surface area contributed by atoms with Gasteiger partial charge in [-0.25, -0.2) is 12.9 Å². The fourth-order valence-electron chi connectivity index (χ4n) is 4.57. The Bertz CT molecular complexity index is 1780. The lowest BCUT2D eigenvalue weighted by atomic mass is 10.0. The zero-order valence-electron chi connectivity index (χ0n) is 23.6. The van der Waals surface area contributed by atoms with Crippen LogP contribution in [-0.4, -0.2) is 57.4 Å². The number of aliphatic hydroxyl groups is 1.